The molecule has 0 saturated carbocycles. The Morgan fingerprint density at radius 3 is 2.47 bits per heavy atom. The van der Waals surface area contributed by atoms with Crippen LogP contribution in [0.4, 0.5) is 10.0 Å². The van der Waals surface area contributed by atoms with Crippen molar-refractivity contribution in [3.8, 4) is 0 Å². The fourth-order valence-corrected chi connectivity index (χ4v) is 2.14. The topological polar surface area (TPSA) is 86.2 Å². The lowest BCUT2D eigenvalue weighted by molar-refractivity contribution is -0.380. The summed E-state index contributed by atoms with van der Waals surface area (Å²) >= 11 is 0.803. The van der Waals surface area contributed by atoms with Crippen molar-refractivity contribution in [3.63, 3.8) is 0 Å². The van der Waals surface area contributed by atoms with Crippen molar-refractivity contribution in [1.82, 2.24) is 0 Å². The van der Waals surface area contributed by atoms with E-state index in [1.54, 1.807) is 30.3 Å². The SMILES string of the molecule is Nc1sc([N+](=O)[O-])cc1C(=O)c1ccccc1. The molecule has 0 aliphatic heterocycles. The second-order valence-electron chi connectivity index (χ2n) is 3.31. The number of nitro groups is 1. The van der Waals surface area contributed by atoms with E-state index >= 15 is 0 Å². The summed E-state index contributed by atoms with van der Waals surface area (Å²) in [6, 6.07) is 9.75. The van der Waals surface area contributed by atoms with Crippen LogP contribution in [0.2, 0.25) is 0 Å². The van der Waals surface area contributed by atoms with Crippen LogP contribution in [0.25, 0.3) is 0 Å². The van der Waals surface area contributed by atoms with Gasteiger partial charge in [0.1, 0.15) is 5.00 Å². The molecule has 0 unspecified atom stereocenters. The van der Waals surface area contributed by atoms with Gasteiger partial charge in [-0.05, 0) is 11.3 Å². The number of hydrogen-bond acceptors (Lipinski definition) is 5. The molecule has 2 aromatic rings. The monoisotopic (exact) mass is 248 g/mol. The summed E-state index contributed by atoms with van der Waals surface area (Å²) in [6.07, 6.45) is 0. The van der Waals surface area contributed by atoms with Gasteiger partial charge in [0.15, 0.2) is 5.78 Å². The number of carbonyl (C=O) groups excluding carboxylic acids is 1. The molecular weight excluding hydrogens is 240 g/mol. The molecule has 0 amide bonds. The van der Waals surface area contributed by atoms with Gasteiger partial charge in [0.25, 0.3) is 0 Å². The molecule has 86 valence electrons. The Morgan fingerprint density at radius 2 is 1.94 bits per heavy atom. The van der Waals surface area contributed by atoms with E-state index in [2.05, 4.69) is 0 Å². The molecule has 1 heterocycles. The minimum absolute atomic E-state index is 0.123. The third kappa shape index (κ3) is 2.16. The molecule has 1 aromatic heterocycles. The number of thiophene rings is 1. The Labute approximate surface area is 101 Å². The Hall–Kier alpha value is -2.21. The van der Waals surface area contributed by atoms with E-state index in [1.165, 1.54) is 6.07 Å². The molecule has 0 radical (unpaired) electrons. The molecule has 0 bridgehead atoms. The summed E-state index contributed by atoms with van der Waals surface area (Å²) in [5.74, 6) is -0.299. The maximum Gasteiger partial charge on any atom is 0.326 e. The molecule has 1 aromatic carbocycles. The number of anilines is 1. The molecule has 6 heteroatoms. The Kier molecular flexibility index (Phi) is 2.88. The fraction of sp³-hybridized carbons (Fsp3) is 0. The summed E-state index contributed by atoms with van der Waals surface area (Å²) in [5, 5.41) is 10.6. The Balaban J connectivity index is 2.41. The zero-order chi connectivity index (χ0) is 12.4. The van der Waals surface area contributed by atoms with Crippen LogP contribution >= 0.6 is 11.3 Å². The lowest BCUT2D eigenvalue weighted by Crippen LogP contribution is -2.02. The van der Waals surface area contributed by atoms with Crippen molar-refractivity contribution < 1.29 is 9.72 Å². The second kappa shape index (κ2) is 4.34. The largest absolute Gasteiger partial charge is 0.390 e. The number of benzene rings is 1. The van der Waals surface area contributed by atoms with Crippen molar-refractivity contribution >= 4 is 27.1 Å². The highest BCUT2D eigenvalue weighted by molar-refractivity contribution is 7.19. The zero-order valence-corrected chi connectivity index (χ0v) is 9.44. The van der Waals surface area contributed by atoms with Gasteiger partial charge in [-0.25, -0.2) is 0 Å². The summed E-state index contributed by atoms with van der Waals surface area (Å²) in [5.41, 5.74) is 6.26. The normalized spacial score (nSPS) is 10.1. The van der Waals surface area contributed by atoms with Crippen LogP contribution < -0.4 is 5.73 Å². The molecule has 0 atom stereocenters. The van der Waals surface area contributed by atoms with Gasteiger partial charge in [0, 0.05) is 11.6 Å². The van der Waals surface area contributed by atoms with Gasteiger partial charge in [-0.1, -0.05) is 30.3 Å². The van der Waals surface area contributed by atoms with Crippen LogP contribution in [0.3, 0.4) is 0 Å². The average molecular weight is 248 g/mol. The van der Waals surface area contributed by atoms with Gasteiger partial charge in [-0.2, -0.15) is 0 Å². The van der Waals surface area contributed by atoms with E-state index in [0.29, 0.717) is 5.56 Å². The van der Waals surface area contributed by atoms with Crippen molar-refractivity contribution in [3.05, 3.63) is 57.6 Å². The minimum Gasteiger partial charge on any atom is -0.390 e. The van der Waals surface area contributed by atoms with E-state index < -0.39 is 4.92 Å². The summed E-state index contributed by atoms with van der Waals surface area (Å²) < 4.78 is 0. The van der Waals surface area contributed by atoms with Crippen molar-refractivity contribution in [2.75, 3.05) is 5.73 Å². The number of carbonyl (C=O) groups is 1. The highest BCUT2D eigenvalue weighted by Gasteiger charge is 2.20. The molecular formula is C11H8N2O3S. The molecule has 0 saturated heterocycles. The quantitative estimate of drug-likeness (QED) is 0.513. The first kappa shape index (κ1) is 11.3. The predicted octanol–water partition coefficient (Wildman–Crippen LogP) is 2.47. The minimum atomic E-state index is -0.553. The number of hydrogen-bond donors (Lipinski definition) is 1. The van der Waals surface area contributed by atoms with Gasteiger partial charge >= 0.3 is 5.00 Å². The maximum absolute atomic E-state index is 12.0. The van der Waals surface area contributed by atoms with E-state index in [4.69, 9.17) is 5.73 Å². The third-order valence-electron chi connectivity index (χ3n) is 2.21. The van der Waals surface area contributed by atoms with E-state index in [1.807, 2.05) is 0 Å². The van der Waals surface area contributed by atoms with Crippen LogP contribution in [0, 0.1) is 10.1 Å². The molecule has 0 fully saturated rings. The van der Waals surface area contributed by atoms with Crippen LogP contribution in [0.15, 0.2) is 36.4 Å². The van der Waals surface area contributed by atoms with E-state index in [-0.39, 0.29) is 21.3 Å². The number of nitrogen functional groups attached to an aromatic ring is 1. The van der Waals surface area contributed by atoms with E-state index in [0.717, 1.165) is 11.3 Å². The van der Waals surface area contributed by atoms with Crippen molar-refractivity contribution in [2.45, 2.75) is 0 Å². The standard InChI is InChI=1S/C11H8N2O3S/c12-11-8(6-9(17-11)13(15)16)10(14)7-4-2-1-3-5-7/h1-6H,12H2. The molecule has 0 spiro atoms. The number of nitrogens with zero attached hydrogens (tertiary/aromatic N) is 1. The van der Waals surface area contributed by atoms with E-state index in [9.17, 15) is 14.9 Å². The van der Waals surface area contributed by atoms with Crippen molar-refractivity contribution in [1.29, 1.82) is 0 Å². The third-order valence-corrected chi connectivity index (χ3v) is 3.12. The zero-order valence-electron chi connectivity index (χ0n) is 8.62. The van der Waals surface area contributed by atoms with Gasteiger partial charge in [0.2, 0.25) is 0 Å². The van der Waals surface area contributed by atoms with Crippen LogP contribution in [-0.4, -0.2) is 10.7 Å². The highest BCUT2D eigenvalue weighted by Crippen LogP contribution is 2.32. The average Bonchev–Trinajstić information content (AvgIpc) is 2.72. The smallest absolute Gasteiger partial charge is 0.326 e. The molecule has 2 rings (SSSR count). The van der Waals surface area contributed by atoms with Crippen molar-refractivity contribution in [2.24, 2.45) is 0 Å². The number of ketones is 1. The summed E-state index contributed by atoms with van der Waals surface area (Å²) in [4.78, 5) is 22.0. The summed E-state index contributed by atoms with van der Waals surface area (Å²) in [6.45, 7) is 0. The van der Waals surface area contributed by atoms with Gasteiger partial charge < -0.3 is 5.73 Å². The van der Waals surface area contributed by atoms with Gasteiger partial charge in [-0.3, -0.25) is 14.9 Å². The Bertz CT molecular complexity index is 578. The number of nitrogens with two attached hydrogens (primary N) is 1. The first-order chi connectivity index (χ1) is 8.09. The highest BCUT2D eigenvalue weighted by atomic mass is 32.1. The lowest BCUT2D eigenvalue weighted by Gasteiger charge is -1.98. The summed E-state index contributed by atoms with van der Waals surface area (Å²) in [7, 11) is 0. The fourth-order valence-electron chi connectivity index (χ4n) is 1.40. The predicted molar refractivity (Wildman–Crippen MR) is 65.3 cm³/mol. The van der Waals surface area contributed by atoms with Crippen LogP contribution in [0.5, 0.6) is 0 Å². The molecule has 0 aliphatic rings. The molecule has 17 heavy (non-hydrogen) atoms. The maximum atomic E-state index is 12.0. The van der Waals surface area contributed by atoms with Crippen LogP contribution in [0.1, 0.15) is 15.9 Å². The van der Waals surface area contributed by atoms with Gasteiger partial charge in [-0.15, -0.1) is 0 Å². The first-order valence-electron chi connectivity index (χ1n) is 4.73. The van der Waals surface area contributed by atoms with Crippen LogP contribution in [-0.2, 0) is 0 Å². The molecule has 0 aliphatic carbocycles. The molecule has 2 N–H and O–H groups in total. The van der Waals surface area contributed by atoms with Gasteiger partial charge in [0.05, 0.1) is 10.5 Å². The Morgan fingerprint density at radius 1 is 1.29 bits per heavy atom. The first-order valence-corrected chi connectivity index (χ1v) is 5.54. The number of rotatable bonds is 3. The molecule has 5 nitrogen and oxygen atoms in total. The second-order valence-corrected chi connectivity index (χ2v) is 4.38. The lowest BCUT2D eigenvalue weighted by atomic mass is 10.1.